The van der Waals surface area contributed by atoms with E-state index in [0.29, 0.717) is 37.8 Å². The van der Waals surface area contributed by atoms with Gasteiger partial charge in [0.15, 0.2) is 0 Å². The molecular weight excluding hydrogens is 308 g/mol. The van der Waals surface area contributed by atoms with Crippen LogP contribution < -0.4 is 14.8 Å². The van der Waals surface area contributed by atoms with Crippen molar-refractivity contribution in [2.45, 2.75) is 6.42 Å². The van der Waals surface area contributed by atoms with Gasteiger partial charge in [0.05, 0.1) is 24.4 Å². The van der Waals surface area contributed by atoms with Crippen molar-refractivity contribution in [3.63, 3.8) is 0 Å². The van der Waals surface area contributed by atoms with E-state index in [0.717, 1.165) is 11.3 Å². The summed E-state index contributed by atoms with van der Waals surface area (Å²) in [5.74, 6) is 1.08. The number of nitrogens with zero attached hydrogens (tertiary/aromatic N) is 1. The first kappa shape index (κ1) is 16.3. The highest BCUT2D eigenvalue weighted by atomic mass is 16.5. The molecule has 0 radical (unpaired) electrons. The predicted octanol–water partition coefficient (Wildman–Crippen LogP) is 2.30. The van der Waals surface area contributed by atoms with E-state index in [1.165, 1.54) is 0 Å². The second-order valence-corrected chi connectivity index (χ2v) is 5.54. The summed E-state index contributed by atoms with van der Waals surface area (Å²) in [6.45, 7) is 1.33. The van der Waals surface area contributed by atoms with E-state index in [-0.39, 0.29) is 11.8 Å². The van der Waals surface area contributed by atoms with Crippen molar-refractivity contribution in [1.29, 1.82) is 0 Å². The number of hydrogen-bond acceptors (Lipinski definition) is 5. The Bertz CT molecular complexity index is 688. The van der Waals surface area contributed by atoms with E-state index < -0.39 is 0 Å². The molecule has 1 aromatic heterocycles. The number of fused-ring (bicyclic) bond motifs is 1. The molecule has 0 aliphatic carbocycles. The van der Waals surface area contributed by atoms with Crippen LogP contribution in [0.3, 0.4) is 0 Å². The molecule has 6 heteroatoms. The number of pyridine rings is 1. The van der Waals surface area contributed by atoms with Gasteiger partial charge in [0.25, 0.3) is 0 Å². The number of nitrogens with one attached hydrogen (secondary N) is 1. The number of ether oxygens (including phenoxy) is 3. The van der Waals surface area contributed by atoms with Crippen LogP contribution in [-0.4, -0.2) is 37.8 Å². The maximum atomic E-state index is 12.4. The molecule has 1 N–H and O–H groups in total. The number of anilines is 1. The molecule has 0 fully saturated rings. The Balaban J connectivity index is 1.55. The summed E-state index contributed by atoms with van der Waals surface area (Å²) in [6, 6.07) is 11.3. The van der Waals surface area contributed by atoms with Gasteiger partial charge >= 0.3 is 0 Å². The number of carbonyl (C=O) groups excluding carboxylic acids is 1. The molecule has 3 rings (SSSR count). The minimum Gasteiger partial charge on any atom is -0.492 e. The zero-order chi connectivity index (χ0) is 16.8. The molecule has 1 aliphatic rings. The lowest BCUT2D eigenvalue weighted by Crippen LogP contribution is -2.32. The lowest BCUT2D eigenvalue weighted by molar-refractivity contribution is -0.121. The molecule has 2 heterocycles. The summed E-state index contributed by atoms with van der Waals surface area (Å²) in [7, 11) is 1.61. The molecular formula is C18H20N2O4. The lowest BCUT2D eigenvalue weighted by atomic mass is 9.96. The smallest absolute Gasteiger partial charge is 0.231 e. The minimum absolute atomic E-state index is 0.0700. The topological polar surface area (TPSA) is 69.7 Å². The Labute approximate surface area is 140 Å². The maximum absolute atomic E-state index is 12.4. The largest absolute Gasteiger partial charge is 0.492 e. The number of benzene rings is 1. The van der Waals surface area contributed by atoms with Crippen LogP contribution in [0, 0.1) is 5.92 Å². The van der Waals surface area contributed by atoms with Gasteiger partial charge in [-0.15, -0.1) is 0 Å². The molecule has 1 aliphatic heterocycles. The Morgan fingerprint density at radius 3 is 2.96 bits per heavy atom. The van der Waals surface area contributed by atoms with Crippen LogP contribution >= 0.6 is 0 Å². The third-order valence-electron chi connectivity index (χ3n) is 3.79. The molecule has 2 aromatic rings. The second-order valence-electron chi connectivity index (χ2n) is 5.54. The average molecular weight is 328 g/mol. The van der Waals surface area contributed by atoms with Crippen LogP contribution in [0.4, 0.5) is 5.69 Å². The summed E-state index contributed by atoms with van der Waals surface area (Å²) in [5, 5.41) is 2.88. The Hall–Kier alpha value is -2.60. The number of amides is 1. The van der Waals surface area contributed by atoms with Crippen LogP contribution in [0.1, 0.15) is 5.56 Å². The summed E-state index contributed by atoms with van der Waals surface area (Å²) in [4.78, 5) is 16.6. The van der Waals surface area contributed by atoms with Crippen molar-refractivity contribution < 1.29 is 19.0 Å². The van der Waals surface area contributed by atoms with Gasteiger partial charge < -0.3 is 19.5 Å². The summed E-state index contributed by atoms with van der Waals surface area (Å²) >= 11 is 0. The summed E-state index contributed by atoms with van der Waals surface area (Å²) in [5.41, 5.74) is 1.70. The Morgan fingerprint density at radius 2 is 2.17 bits per heavy atom. The zero-order valence-electron chi connectivity index (χ0n) is 13.5. The number of methoxy groups -OCH3 is 1. The van der Waals surface area contributed by atoms with Crippen LogP contribution in [-0.2, 0) is 16.0 Å². The number of aromatic nitrogens is 1. The third-order valence-corrected chi connectivity index (χ3v) is 3.79. The maximum Gasteiger partial charge on any atom is 0.231 e. The first-order chi connectivity index (χ1) is 11.8. The molecule has 1 aromatic carbocycles. The highest BCUT2D eigenvalue weighted by Crippen LogP contribution is 2.27. The average Bonchev–Trinajstić information content (AvgIpc) is 2.63. The number of para-hydroxylation sites is 1. The standard InChI is InChI=1S/C18H20N2O4/c1-22-8-9-23-17-7-6-15(11-19-17)20-18(21)14-10-13-4-2-3-5-16(13)24-12-14/h2-7,11,14H,8-10,12H2,1H3,(H,20,21). The van der Waals surface area contributed by atoms with E-state index in [2.05, 4.69) is 10.3 Å². The molecule has 1 amide bonds. The van der Waals surface area contributed by atoms with Crippen LogP contribution in [0.25, 0.3) is 0 Å². The van der Waals surface area contributed by atoms with Gasteiger partial charge in [-0.25, -0.2) is 4.98 Å². The van der Waals surface area contributed by atoms with Crippen molar-refractivity contribution in [2.75, 3.05) is 32.2 Å². The fraction of sp³-hybridized carbons (Fsp3) is 0.333. The van der Waals surface area contributed by atoms with Crippen molar-refractivity contribution in [3.05, 3.63) is 48.2 Å². The monoisotopic (exact) mass is 328 g/mol. The van der Waals surface area contributed by atoms with Gasteiger partial charge in [0.1, 0.15) is 19.0 Å². The normalized spacial score (nSPS) is 16.0. The third kappa shape index (κ3) is 4.02. The van der Waals surface area contributed by atoms with Crippen LogP contribution in [0.2, 0.25) is 0 Å². The molecule has 6 nitrogen and oxygen atoms in total. The van der Waals surface area contributed by atoms with Crippen LogP contribution in [0.15, 0.2) is 42.6 Å². The number of rotatable bonds is 6. The van der Waals surface area contributed by atoms with Crippen LogP contribution in [0.5, 0.6) is 11.6 Å². The van der Waals surface area contributed by atoms with Gasteiger partial charge in [-0.05, 0) is 24.1 Å². The van der Waals surface area contributed by atoms with Gasteiger partial charge in [-0.2, -0.15) is 0 Å². The fourth-order valence-electron chi connectivity index (χ4n) is 2.51. The van der Waals surface area contributed by atoms with E-state index in [4.69, 9.17) is 14.2 Å². The van der Waals surface area contributed by atoms with Crippen molar-refractivity contribution in [2.24, 2.45) is 5.92 Å². The summed E-state index contributed by atoms with van der Waals surface area (Å²) < 4.78 is 16.0. The van der Waals surface area contributed by atoms with E-state index in [1.807, 2.05) is 24.3 Å². The van der Waals surface area contributed by atoms with Crippen molar-refractivity contribution >= 4 is 11.6 Å². The van der Waals surface area contributed by atoms with Gasteiger partial charge in [0, 0.05) is 13.2 Å². The molecule has 126 valence electrons. The number of hydrogen-bond donors (Lipinski definition) is 1. The molecule has 1 unspecified atom stereocenters. The zero-order valence-corrected chi connectivity index (χ0v) is 13.5. The molecule has 0 saturated heterocycles. The molecule has 24 heavy (non-hydrogen) atoms. The highest BCUT2D eigenvalue weighted by molar-refractivity contribution is 5.92. The van der Waals surface area contributed by atoms with Gasteiger partial charge in [-0.1, -0.05) is 18.2 Å². The predicted molar refractivity (Wildman–Crippen MR) is 89.4 cm³/mol. The van der Waals surface area contributed by atoms with Gasteiger partial charge in [-0.3, -0.25) is 4.79 Å². The van der Waals surface area contributed by atoms with E-state index in [9.17, 15) is 4.79 Å². The first-order valence-corrected chi connectivity index (χ1v) is 7.85. The Morgan fingerprint density at radius 1 is 1.29 bits per heavy atom. The fourth-order valence-corrected chi connectivity index (χ4v) is 2.51. The molecule has 1 atom stereocenters. The number of carbonyl (C=O) groups is 1. The summed E-state index contributed by atoms with van der Waals surface area (Å²) in [6.07, 6.45) is 2.26. The molecule has 0 spiro atoms. The second kappa shape index (κ2) is 7.79. The Kier molecular flexibility index (Phi) is 5.28. The molecule has 0 bridgehead atoms. The quantitative estimate of drug-likeness (QED) is 0.824. The molecule has 0 saturated carbocycles. The van der Waals surface area contributed by atoms with E-state index >= 15 is 0 Å². The van der Waals surface area contributed by atoms with E-state index in [1.54, 1.807) is 25.4 Å². The van der Waals surface area contributed by atoms with Crippen molar-refractivity contribution in [3.8, 4) is 11.6 Å². The first-order valence-electron chi connectivity index (χ1n) is 7.85. The SMILES string of the molecule is COCCOc1ccc(NC(=O)C2COc3ccccc3C2)cn1. The van der Waals surface area contributed by atoms with Crippen molar-refractivity contribution in [1.82, 2.24) is 4.98 Å². The minimum atomic E-state index is -0.211. The lowest BCUT2D eigenvalue weighted by Gasteiger charge is -2.24. The highest BCUT2D eigenvalue weighted by Gasteiger charge is 2.25. The van der Waals surface area contributed by atoms with Gasteiger partial charge in [0.2, 0.25) is 11.8 Å².